The number of amides is 1. The average Bonchev–Trinajstić information content (AvgIpc) is 3.22. The Morgan fingerprint density at radius 1 is 1.25 bits per heavy atom. The first-order chi connectivity index (χ1) is 15.2. The molecule has 0 aromatic carbocycles. The number of aromatic nitrogens is 3. The summed E-state index contributed by atoms with van der Waals surface area (Å²) in [7, 11) is 0. The van der Waals surface area contributed by atoms with Gasteiger partial charge in [0.1, 0.15) is 17.0 Å². The third-order valence-corrected chi connectivity index (χ3v) is 5.57. The second-order valence-corrected chi connectivity index (χ2v) is 7.79. The number of carbonyl (C=O) groups excluding carboxylic acids is 1. The van der Waals surface area contributed by atoms with Gasteiger partial charge in [-0.05, 0) is 44.5 Å². The smallest absolute Gasteiger partial charge is 0.354 e. The quantitative estimate of drug-likeness (QED) is 0.668. The van der Waals surface area contributed by atoms with Gasteiger partial charge in [-0.25, -0.2) is 9.97 Å². The predicted octanol–water partition coefficient (Wildman–Crippen LogP) is 3.15. The summed E-state index contributed by atoms with van der Waals surface area (Å²) in [5, 5.41) is 3.26. The van der Waals surface area contributed by atoms with Crippen LogP contribution in [0.25, 0.3) is 11.0 Å². The maximum Gasteiger partial charge on any atom is 0.417 e. The van der Waals surface area contributed by atoms with E-state index < -0.39 is 17.6 Å². The first-order valence-electron chi connectivity index (χ1n) is 10.3. The van der Waals surface area contributed by atoms with Crippen molar-refractivity contribution < 1.29 is 18.0 Å². The van der Waals surface area contributed by atoms with E-state index in [1.54, 1.807) is 16.7 Å². The molecule has 4 heterocycles. The van der Waals surface area contributed by atoms with Gasteiger partial charge in [0, 0.05) is 43.8 Å². The Bertz CT molecular complexity index is 1220. The fourth-order valence-electron chi connectivity index (χ4n) is 3.85. The number of nitrogens with zero attached hydrogens (tertiary/aromatic N) is 4. The monoisotopic (exact) mass is 445 g/mol. The Morgan fingerprint density at radius 3 is 2.69 bits per heavy atom. The molecular weight excluding hydrogens is 423 g/mol. The van der Waals surface area contributed by atoms with Crippen molar-refractivity contribution in [2.75, 3.05) is 18.0 Å². The van der Waals surface area contributed by atoms with Crippen LogP contribution in [0.5, 0.6) is 0 Å². The number of fused-ring (bicyclic) bond motifs is 1. The van der Waals surface area contributed by atoms with Crippen molar-refractivity contribution in [2.45, 2.75) is 39.0 Å². The summed E-state index contributed by atoms with van der Waals surface area (Å²) < 4.78 is 40.0. The summed E-state index contributed by atoms with van der Waals surface area (Å²) in [6.07, 6.45) is -1.52. The number of hydrogen-bond acceptors (Lipinski definition) is 5. The molecule has 1 aliphatic rings. The van der Waals surface area contributed by atoms with Crippen molar-refractivity contribution in [1.29, 1.82) is 0 Å². The fourth-order valence-corrected chi connectivity index (χ4v) is 3.85. The number of aryl methyl sites for hydroxylation is 2. The molecule has 7 nitrogen and oxygen atoms in total. The first kappa shape index (κ1) is 21.8. The minimum atomic E-state index is -4.44. The molecule has 0 unspecified atom stereocenters. The maximum atomic E-state index is 12.9. The summed E-state index contributed by atoms with van der Waals surface area (Å²) in [5.41, 5.74) is 0.164. The van der Waals surface area contributed by atoms with E-state index in [4.69, 9.17) is 0 Å². The van der Waals surface area contributed by atoms with Gasteiger partial charge in [-0.3, -0.25) is 9.59 Å². The van der Waals surface area contributed by atoms with Crippen LogP contribution in [0, 0.1) is 6.92 Å². The Balaban J connectivity index is 1.50. The van der Waals surface area contributed by atoms with Crippen molar-refractivity contribution in [3.63, 3.8) is 0 Å². The highest BCUT2D eigenvalue weighted by atomic mass is 19.4. The molecule has 0 bridgehead atoms. The van der Waals surface area contributed by atoms with Gasteiger partial charge in [-0.15, -0.1) is 0 Å². The van der Waals surface area contributed by atoms with Crippen LogP contribution in [0.4, 0.5) is 19.0 Å². The number of alkyl halides is 3. The number of anilines is 1. The minimum Gasteiger partial charge on any atom is -0.354 e. The molecule has 4 rings (SSSR count). The van der Waals surface area contributed by atoms with E-state index >= 15 is 0 Å². The van der Waals surface area contributed by atoms with Crippen molar-refractivity contribution >= 4 is 22.8 Å². The summed E-state index contributed by atoms with van der Waals surface area (Å²) in [4.78, 5) is 35.9. The van der Waals surface area contributed by atoms with Crippen LogP contribution in [-0.2, 0) is 12.7 Å². The fraction of sp³-hybridized carbons (Fsp3) is 0.364. The van der Waals surface area contributed by atoms with Crippen LogP contribution < -0.4 is 15.6 Å². The maximum absolute atomic E-state index is 12.9. The standard InChI is InChI=1S/C22H22F3N5O2/c1-3-29-12-17(19(31)16-6-4-13(2)27-20(16)29)21(32)28-15-8-9-30(11-15)18-7-5-14(10-26-18)22(23,24)25/h4-7,10,12,15H,3,8-9,11H2,1-2H3,(H,28,32)/t15-/m0/s1. The van der Waals surface area contributed by atoms with E-state index in [2.05, 4.69) is 15.3 Å². The van der Waals surface area contributed by atoms with Crippen LogP contribution in [0.2, 0.25) is 0 Å². The summed E-state index contributed by atoms with van der Waals surface area (Å²) >= 11 is 0. The largest absolute Gasteiger partial charge is 0.417 e. The molecule has 3 aromatic rings. The third-order valence-electron chi connectivity index (χ3n) is 5.57. The zero-order chi connectivity index (χ0) is 23.0. The molecule has 32 heavy (non-hydrogen) atoms. The van der Waals surface area contributed by atoms with Crippen LogP contribution in [0.3, 0.4) is 0 Å². The third kappa shape index (κ3) is 4.17. The van der Waals surface area contributed by atoms with Crippen LogP contribution in [0.1, 0.15) is 35.0 Å². The number of rotatable bonds is 4. The molecule has 0 radical (unpaired) electrons. The summed E-state index contributed by atoms with van der Waals surface area (Å²) in [6.45, 7) is 5.21. The van der Waals surface area contributed by atoms with Crippen LogP contribution >= 0.6 is 0 Å². The Labute approximate surface area is 181 Å². The molecule has 1 saturated heterocycles. The van der Waals surface area contributed by atoms with Gasteiger partial charge >= 0.3 is 6.18 Å². The Morgan fingerprint density at radius 2 is 2.03 bits per heavy atom. The molecule has 0 spiro atoms. The lowest BCUT2D eigenvalue weighted by Gasteiger charge is -2.19. The van der Waals surface area contributed by atoms with E-state index in [0.29, 0.717) is 42.9 Å². The lowest BCUT2D eigenvalue weighted by molar-refractivity contribution is -0.137. The van der Waals surface area contributed by atoms with Crippen molar-refractivity contribution in [3.05, 3.63) is 63.7 Å². The second kappa shape index (κ2) is 8.25. The van der Waals surface area contributed by atoms with E-state index in [1.165, 1.54) is 12.3 Å². The van der Waals surface area contributed by atoms with Gasteiger partial charge in [-0.1, -0.05) is 0 Å². The van der Waals surface area contributed by atoms with Gasteiger partial charge in [0.05, 0.1) is 10.9 Å². The SMILES string of the molecule is CCn1cc(C(=O)N[C@H]2CCN(c3ccc(C(F)(F)F)cn3)C2)c(=O)c2ccc(C)nc21. The molecule has 168 valence electrons. The minimum absolute atomic E-state index is 0.0381. The van der Waals surface area contributed by atoms with Gasteiger partial charge in [0.15, 0.2) is 0 Å². The number of halogens is 3. The number of nitrogens with one attached hydrogen (secondary N) is 1. The summed E-state index contributed by atoms with van der Waals surface area (Å²) in [5.74, 6) is -0.0675. The van der Waals surface area contributed by atoms with Gasteiger partial charge in [-0.2, -0.15) is 13.2 Å². The molecule has 1 amide bonds. The zero-order valence-corrected chi connectivity index (χ0v) is 17.6. The topological polar surface area (TPSA) is 80.1 Å². The molecule has 1 aliphatic heterocycles. The highest BCUT2D eigenvalue weighted by molar-refractivity contribution is 5.97. The molecule has 1 atom stereocenters. The highest BCUT2D eigenvalue weighted by Gasteiger charge is 2.32. The van der Waals surface area contributed by atoms with Gasteiger partial charge < -0.3 is 14.8 Å². The number of hydrogen-bond donors (Lipinski definition) is 1. The summed E-state index contributed by atoms with van der Waals surface area (Å²) in [6, 6.07) is 5.47. The normalized spacial score (nSPS) is 16.5. The predicted molar refractivity (Wildman–Crippen MR) is 114 cm³/mol. The highest BCUT2D eigenvalue weighted by Crippen LogP contribution is 2.30. The lowest BCUT2D eigenvalue weighted by atomic mass is 10.1. The lowest BCUT2D eigenvalue weighted by Crippen LogP contribution is -2.39. The van der Waals surface area contributed by atoms with E-state index in [9.17, 15) is 22.8 Å². The van der Waals surface area contributed by atoms with E-state index in [1.807, 2.05) is 18.7 Å². The van der Waals surface area contributed by atoms with Crippen molar-refractivity contribution in [2.24, 2.45) is 0 Å². The molecule has 3 aromatic heterocycles. The van der Waals surface area contributed by atoms with E-state index in [-0.39, 0.29) is 17.0 Å². The molecule has 0 saturated carbocycles. The first-order valence-corrected chi connectivity index (χ1v) is 10.3. The van der Waals surface area contributed by atoms with Gasteiger partial charge in [0.25, 0.3) is 5.91 Å². The molecule has 10 heteroatoms. The zero-order valence-electron chi connectivity index (χ0n) is 17.6. The number of carbonyl (C=O) groups is 1. The molecule has 1 fully saturated rings. The van der Waals surface area contributed by atoms with Crippen molar-refractivity contribution in [1.82, 2.24) is 19.9 Å². The average molecular weight is 445 g/mol. The van der Waals surface area contributed by atoms with Crippen LogP contribution in [-0.4, -0.2) is 39.6 Å². The molecular formula is C22H22F3N5O2. The van der Waals surface area contributed by atoms with Gasteiger partial charge in [0.2, 0.25) is 5.43 Å². The second-order valence-electron chi connectivity index (χ2n) is 7.79. The van der Waals surface area contributed by atoms with Crippen LogP contribution in [0.15, 0.2) is 41.5 Å². The van der Waals surface area contributed by atoms with Crippen molar-refractivity contribution in [3.8, 4) is 0 Å². The molecule has 1 N–H and O–H groups in total. The number of pyridine rings is 3. The van der Waals surface area contributed by atoms with E-state index in [0.717, 1.165) is 18.0 Å². The molecule has 0 aliphatic carbocycles. The Kier molecular flexibility index (Phi) is 5.62. The Hall–Kier alpha value is -3.43.